The molecule has 1 heterocycles. The largest absolute Gasteiger partial charge is 0.354 e. The fraction of sp³-hybridized carbons (Fsp3) is 0.400. The molecule has 5 nitrogen and oxygen atoms in total. The Hall–Kier alpha value is -2.40. The summed E-state index contributed by atoms with van der Waals surface area (Å²) in [7, 11) is 3.95. The molecule has 0 aliphatic carbocycles. The third kappa shape index (κ3) is 5.87. The number of nitrogens with one attached hydrogen (secondary N) is 2. The van der Waals surface area contributed by atoms with E-state index in [4.69, 9.17) is 0 Å². The van der Waals surface area contributed by atoms with Crippen molar-refractivity contribution in [2.75, 3.05) is 32.5 Å². The highest BCUT2D eigenvalue weighted by Crippen LogP contribution is 2.24. The highest BCUT2D eigenvalue weighted by molar-refractivity contribution is 5.94. The van der Waals surface area contributed by atoms with Crippen LogP contribution in [0.4, 0.5) is 11.4 Å². The summed E-state index contributed by atoms with van der Waals surface area (Å²) in [5, 5.41) is 6.20. The second kappa shape index (κ2) is 8.12. The lowest BCUT2D eigenvalue weighted by Crippen LogP contribution is -2.31. The number of hydrogen-bond acceptors (Lipinski definition) is 4. The fourth-order valence-electron chi connectivity index (χ4n) is 2.35. The van der Waals surface area contributed by atoms with Gasteiger partial charge in [-0.1, -0.05) is 32.9 Å². The number of aromatic nitrogens is 1. The molecule has 2 rings (SSSR count). The molecule has 0 spiro atoms. The van der Waals surface area contributed by atoms with Gasteiger partial charge >= 0.3 is 0 Å². The van der Waals surface area contributed by atoms with Gasteiger partial charge in [0.25, 0.3) is 5.91 Å². The standard InChI is InChI=1S/C20H28N4O/c1-20(2,3)16-6-8-17(9-7-16)23-18-12-15(13-21-14-18)19(25)22-10-11-24(4)5/h6-9,12-14,23H,10-11H2,1-5H3,(H,22,25). The van der Waals surface area contributed by atoms with Gasteiger partial charge in [-0.05, 0) is 43.3 Å². The third-order valence-electron chi connectivity index (χ3n) is 3.88. The van der Waals surface area contributed by atoms with Gasteiger partial charge in [0.15, 0.2) is 0 Å². The second-order valence-electron chi connectivity index (χ2n) is 7.47. The van der Waals surface area contributed by atoms with Crippen molar-refractivity contribution < 1.29 is 4.79 Å². The van der Waals surface area contributed by atoms with E-state index in [-0.39, 0.29) is 11.3 Å². The number of hydrogen-bond donors (Lipinski definition) is 2. The van der Waals surface area contributed by atoms with Crippen LogP contribution in [0.5, 0.6) is 0 Å². The van der Waals surface area contributed by atoms with Gasteiger partial charge in [0.2, 0.25) is 0 Å². The molecule has 0 aliphatic rings. The Balaban J connectivity index is 2.02. The summed E-state index contributed by atoms with van der Waals surface area (Å²) in [4.78, 5) is 18.4. The van der Waals surface area contributed by atoms with E-state index in [1.807, 2.05) is 37.2 Å². The molecule has 0 radical (unpaired) electrons. The lowest BCUT2D eigenvalue weighted by molar-refractivity contribution is 0.0950. The number of anilines is 2. The predicted octanol–water partition coefficient (Wildman–Crippen LogP) is 3.41. The molecule has 1 aromatic carbocycles. The van der Waals surface area contributed by atoms with Gasteiger partial charge in [-0.2, -0.15) is 0 Å². The molecular weight excluding hydrogens is 312 g/mol. The summed E-state index contributed by atoms with van der Waals surface area (Å²) in [6.07, 6.45) is 3.30. The van der Waals surface area contributed by atoms with Crippen molar-refractivity contribution in [3.05, 3.63) is 53.9 Å². The first kappa shape index (κ1) is 18.9. The van der Waals surface area contributed by atoms with E-state index in [1.165, 1.54) is 5.56 Å². The monoisotopic (exact) mass is 340 g/mol. The van der Waals surface area contributed by atoms with Crippen LogP contribution in [0.25, 0.3) is 0 Å². The third-order valence-corrected chi connectivity index (χ3v) is 3.88. The normalized spacial score (nSPS) is 11.4. The first-order chi connectivity index (χ1) is 11.8. The summed E-state index contributed by atoms with van der Waals surface area (Å²) in [5.41, 5.74) is 3.73. The molecule has 0 bridgehead atoms. The topological polar surface area (TPSA) is 57.3 Å². The molecule has 0 saturated heterocycles. The number of benzene rings is 1. The Kier molecular flexibility index (Phi) is 6.15. The number of nitrogens with zero attached hydrogens (tertiary/aromatic N) is 2. The molecule has 2 aromatic rings. The van der Waals surface area contributed by atoms with E-state index in [2.05, 4.69) is 48.5 Å². The van der Waals surface area contributed by atoms with E-state index in [9.17, 15) is 4.79 Å². The summed E-state index contributed by atoms with van der Waals surface area (Å²) in [6.45, 7) is 7.99. The average Bonchev–Trinajstić information content (AvgIpc) is 2.54. The minimum atomic E-state index is -0.110. The summed E-state index contributed by atoms with van der Waals surface area (Å²) < 4.78 is 0. The lowest BCUT2D eigenvalue weighted by Gasteiger charge is -2.19. The van der Waals surface area contributed by atoms with Gasteiger partial charge < -0.3 is 15.5 Å². The van der Waals surface area contributed by atoms with Crippen molar-refractivity contribution >= 4 is 17.3 Å². The van der Waals surface area contributed by atoms with E-state index < -0.39 is 0 Å². The summed E-state index contributed by atoms with van der Waals surface area (Å²) >= 11 is 0. The van der Waals surface area contributed by atoms with Crippen LogP contribution in [0.15, 0.2) is 42.7 Å². The summed E-state index contributed by atoms with van der Waals surface area (Å²) in [6, 6.07) is 10.1. The number of amides is 1. The highest BCUT2D eigenvalue weighted by atomic mass is 16.1. The number of pyridine rings is 1. The molecule has 1 amide bonds. The first-order valence-corrected chi connectivity index (χ1v) is 8.51. The van der Waals surface area contributed by atoms with Crippen LogP contribution in [0.3, 0.4) is 0 Å². The highest BCUT2D eigenvalue weighted by Gasteiger charge is 2.13. The smallest absolute Gasteiger partial charge is 0.252 e. The van der Waals surface area contributed by atoms with Gasteiger partial charge in [0, 0.05) is 25.0 Å². The molecule has 0 fully saturated rings. The zero-order chi connectivity index (χ0) is 18.4. The van der Waals surface area contributed by atoms with Crippen LogP contribution in [-0.2, 0) is 5.41 Å². The zero-order valence-electron chi connectivity index (χ0n) is 15.8. The van der Waals surface area contributed by atoms with Crippen LogP contribution in [0.2, 0.25) is 0 Å². The molecule has 0 atom stereocenters. The first-order valence-electron chi connectivity index (χ1n) is 8.51. The number of rotatable bonds is 6. The molecule has 1 aromatic heterocycles. The van der Waals surface area contributed by atoms with E-state index in [1.54, 1.807) is 12.4 Å². The maximum Gasteiger partial charge on any atom is 0.252 e. The Morgan fingerprint density at radius 2 is 1.76 bits per heavy atom. The van der Waals surface area contributed by atoms with Gasteiger partial charge in [0.1, 0.15) is 0 Å². The average molecular weight is 340 g/mol. The fourth-order valence-corrected chi connectivity index (χ4v) is 2.35. The maximum absolute atomic E-state index is 12.2. The zero-order valence-corrected chi connectivity index (χ0v) is 15.8. The minimum absolute atomic E-state index is 0.110. The van der Waals surface area contributed by atoms with Crippen LogP contribution in [0.1, 0.15) is 36.7 Å². The Morgan fingerprint density at radius 3 is 2.36 bits per heavy atom. The van der Waals surface area contributed by atoms with Crippen LogP contribution < -0.4 is 10.6 Å². The minimum Gasteiger partial charge on any atom is -0.354 e. The van der Waals surface area contributed by atoms with E-state index in [0.717, 1.165) is 17.9 Å². The van der Waals surface area contributed by atoms with Crippen molar-refractivity contribution in [1.29, 1.82) is 0 Å². The quantitative estimate of drug-likeness (QED) is 0.846. The Morgan fingerprint density at radius 1 is 1.08 bits per heavy atom. The van der Waals surface area contributed by atoms with Gasteiger partial charge in [-0.3, -0.25) is 9.78 Å². The molecule has 134 valence electrons. The van der Waals surface area contributed by atoms with Gasteiger partial charge in [0.05, 0.1) is 17.4 Å². The van der Waals surface area contributed by atoms with Gasteiger partial charge in [-0.15, -0.1) is 0 Å². The predicted molar refractivity (Wildman–Crippen MR) is 104 cm³/mol. The maximum atomic E-state index is 12.2. The molecule has 2 N–H and O–H groups in total. The molecular formula is C20H28N4O. The van der Waals surface area contributed by atoms with Crippen molar-refractivity contribution in [1.82, 2.24) is 15.2 Å². The summed E-state index contributed by atoms with van der Waals surface area (Å²) in [5.74, 6) is -0.110. The van der Waals surface area contributed by atoms with Crippen molar-refractivity contribution in [2.45, 2.75) is 26.2 Å². The SMILES string of the molecule is CN(C)CCNC(=O)c1cncc(Nc2ccc(C(C)(C)C)cc2)c1. The lowest BCUT2D eigenvalue weighted by atomic mass is 9.87. The van der Waals surface area contributed by atoms with Crippen molar-refractivity contribution in [3.8, 4) is 0 Å². The molecule has 0 saturated carbocycles. The van der Waals surface area contributed by atoms with E-state index in [0.29, 0.717) is 12.1 Å². The van der Waals surface area contributed by atoms with Crippen LogP contribution >= 0.6 is 0 Å². The molecule has 0 unspecified atom stereocenters. The van der Waals surface area contributed by atoms with Crippen LogP contribution in [0, 0.1) is 0 Å². The Bertz CT molecular complexity index is 702. The number of likely N-dealkylation sites (N-methyl/N-ethyl adjacent to an activating group) is 1. The second-order valence-corrected chi connectivity index (χ2v) is 7.47. The van der Waals surface area contributed by atoms with Gasteiger partial charge in [-0.25, -0.2) is 0 Å². The van der Waals surface area contributed by atoms with Crippen molar-refractivity contribution in [2.24, 2.45) is 0 Å². The Labute approximate surface area is 150 Å². The molecule has 5 heteroatoms. The van der Waals surface area contributed by atoms with Crippen molar-refractivity contribution in [3.63, 3.8) is 0 Å². The molecule has 25 heavy (non-hydrogen) atoms. The molecule has 0 aliphatic heterocycles. The number of carbonyl (C=O) groups is 1. The van der Waals surface area contributed by atoms with Crippen LogP contribution in [-0.4, -0.2) is 43.0 Å². The van der Waals surface area contributed by atoms with E-state index >= 15 is 0 Å². The number of carbonyl (C=O) groups excluding carboxylic acids is 1.